The first-order valence-electron chi connectivity index (χ1n) is 5.71. The van der Waals surface area contributed by atoms with Crippen molar-refractivity contribution in [1.29, 1.82) is 0 Å². The molecule has 106 valence electrons. The van der Waals surface area contributed by atoms with E-state index in [4.69, 9.17) is 22.7 Å². The Morgan fingerprint density at radius 2 is 2.16 bits per heavy atom. The molecular formula is C12H18N2O3S2. The Labute approximate surface area is 119 Å². The van der Waals surface area contributed by atoms with E-state index < -0.39 is 10.0 Å². The fourth-order valence-corrected chi connectivity index (χ4v) is 2.96. The summed E-state index contributed by atoms with van der Waals surface area (Å²) in [5.74, 6) is 0. The van der Waals surface area contributed by atoms with E-state index in [0.717, 1.165) is 0 Å². The molecule has 0 saturated heterocycles. The Bertz CT molecular complexity index is 570. The van der Waals surface area contributed by atoms with E-state index in [-0.39, 0.29) is 22.5 Å². The minimum absolute atomic E-state index is 0.189. The normalized spacial score (nSPS) is 13.2. The smallest absolute Gasteiger partial charge is 0.240 e. The molecule has 0 aliphatic heterocycles. The Kier molecular flexibility index (Phi) is 5.42. The van der Waals surface area contributed by atoms with Crippen LogP contribution in [0.4, 0.5) is 0 Å². The number of nitrogens with one attached hydrogen (secondary N) is 1. The molecule has 19 heavy (non-hydrogen) atoms. The summed E-state index contributed by atoms with van der Waals surface area (Å²) in [6.07, 6.45) is -0.189. The molecule has 0 spiro atoms. The van der Waals surface area contributed by atoms with Crippen molar-refractivity contribution in [2.75, 3.05) is 13.7 Å². The fourth-order valence-electron chi connectivity index (χ4n) is 1.49. The zero-order valence-electron chi connectivity index (χ0n) is 11.1. The van der Waals surface area contributed by atoms with Crippen molar-refractivity contribution in [1.82, 2.24) is 4.72 Å². The zero-order chi connectivity index (χ0) is 14.6. The largest absolute Gasteiger partial charge is 0.389 e. The quantitative estimate of drug-likeness (QED) is 0.764. The third kappa shape index (κ3) is 4.24. The molecule has 5 nitrogen and oxygen atoms in total. The molecule has 0 heterocycles. The zero-order valence-corrected chi connectivity index (χ0v) is 12.8. The van der Waals surface area contributed by atoms with Gasteiger partial charge in [0.1, 0.15) is 4.99 Å². The summed E-state index contributed by atoms with van der Waals surface area (Å²) >= 11 is 4.86. The first-order valence-corrected chi connectivity index (χ1v) is 7.60. The van der Waals surface area contributed by atoms with Gasteiger partial charge in [-0.05, 0) is 31.5 Å². The minimum Gasteiger partial charge on any atom is -0.389 e. The molecule has 1 unspecified atom stereocenters. The molecule has 1 aromatic carbocycles. The molecule has 1 aromatic rings. The predicted molar refractivity (Wildman–Crippen MR) is 78.7 cm³/mol. The number of thiocarbonyl (C=S) groups is 1. The van der Waals surface area contributed by atoms with Crippen molar-refractivity contribution in [3.63, 3.8) is 0 Å². The highest BCUT2D eigenvalue weighted by molar-refractivity contribution is 7.89. The second kappa shape index (κ2) is 6.42. The lowest BCUT2D eigenvalue weighted by atomic mass is 10.1. The van der Waals surface area contributed by atoms with Crippen molar-refractivity contribution in [3.05, 3.63) is 29.3 Å². The topological polar surface area (TPSA) is 81.4 Å². The molecule has 1 rings (SSSR count). The molecule has 0 aliphatic rings. The van der Waals surface area contributed by atoms with Crippen LogP contribution in [0.5, 0.6) is 0 Å². The van der Waals surface area contributed by atoms with Crippen LogP contribution in [0.25, 0.3) is 0 Å². The number of rotatable bonds is 6. The van der Waals surface area contributed by atoms with Gasteiger partial charge >= 0.3 is 0 Å². The van der Waals surface area contributed by atoms with Crippen LogP contribution in [-0.2, 0) is 14.8 Å². The number of ether oxygens (including phenoxy) is 1. The molecule has 0 bridgehead atoms. The van der Waals surface area contributed by atoms with Gasteiger partial charge in [-0.3, -0.25) is 0 Å². The Morgan fingerprint density at radius 1 is 1.53 bits per heavy atom. The predicted octanol–water partition coefficient (Wildman–Crippen LogP) is 0.942. The molecule has 0 aromatic heterocycles. The van der Waals surface area contributed by atoms with Gasteiger partial charge in [0.15, 0.2) is 0 Å². The molecule has 0 saturated carbocycles. The number of hydrogen-bond donors (Lipinski definition) is 2. The highest BCUT2D eigenvalue weighted by Crippen LogP contribution is 2.16. The van der Waals surface area contributed by atoms with E-state index in [2.05, 4.69) is 4.72 Å². The van der Waals surface area contributed by atoms with Gasteiger partial charge in [0, 0.05) is 19.2 Å². The summed E-state index contributed by atoms with van der Waals surface area (Å²) in [7, 11) is -2.02. The molecule has 7 heteroatoms. The van der Waals surface area contributed by atoms with Crippen molar-refractivity contribution in [2.24, 2.45) is 5.73 Å². The van der Waals surface area contributed by atoms with Crippen LogP contribution in [0.3, 0.4) is 0 Å². The van der Waals surface area contributed by atoms with Crippen LogP contribution in [0, 0.1) is 6.92 Å². The van der Waals surface area contributed by atoms with E-state index in [1.807, 2.05) is 0 Å². The third-order valence-corrected chi connectivity index (χ3v) is 4.53. The van der Waals surface area contributed by atoms with Gasteiger partial charge in [-0.1, -0.05) is 18.3 Å². The van der Waals surface area contributed by atoms with Crippen LogP contribution in [0.15, 0.2) is 23.1 Å². The minimum atomic E-state index is -3.55. The molecule has 0 radical (unpaired) electrons. The lowest BCUT2D eigenvalue weighted by Crippen LogP contribution is -2.32. The SMILES string of the molecule is COC(C)CNS(=O)(=O)c1ccc(C(N)=S)cc1C. The number of hydrogen-bond acceptors (Lipinski definition) is 4. The summed E-state index contributed by atoms with van der Waals surface area (Å²) in [6.45, 7) is 3.71. The fraction of sp³-hybridized carbons (Fsp3) is 0.417. The number of benzene rings is 1. The standard InChI is InChI=1S/C12H18N2O3S2/c1-8-6-10(12(13)18)4-5-11(8)19(15,16)14-7-9(2)17-3/h4-6,9,14H,7H2,1-3H3,(H2,13,18). The van der Waals surface area contributed by atoms with Gasteiger partial charge in [0.2, 0.25) is 10.0 Å². The van der Waals surface area contributed by atoms with Crippen molar-refractivity contribution >= 4 is 27.2 Å². The van der Waals surface area contributed by atoms with Gasteiger partial charge in [0.25, 0.3) is 0 Å². The number of aryl methyl sites for hydroxylation is 1. The van der Waals surface area contributed by atoms with E-state index in [1.54, 1.807) is 26.0 Å². The van der Waals surface area contributed by atoms with Crippen LogP contribution < -0.4 is 10.5 Å². The molecular weight excluding hydrogens is 284 g/mol. The van der Waals surface area contributed by atoms with Gasteiger partial charge in [-0.15, -0.1) is 0 Å². The highest BCUT2D eigenvalue weighted by atomic mass is 32.2. The second-order valence-electron chi connectivity index (χ2n) is 4.24. The average molecular weight is 302 g/mol. The van der Waals surface area contributed by atoms with Crippen LogP contribution in [-0.4, -0.2) is 33.2 Å². The number of sulfonamides is 1. The average Bonchev–Trinajstić information content (AvgIpc) is 2.35. The maximum atomic E-state index is 12.1. The molecule has 0 aliphatic carbocycles. The maximum absolute atomic E-state index is 12.1. The van der Waals surface area contributed by atoms with Gasteiger partial charge in [0.05, 0.1) is 11.0 Å². The number of nitrogens with two attached hydrogens (primary N) is 1. The van der Waals surface area contributed by atoms with Crippen molar-refractivity contribution in [3.8, 4) is 0 Å². The summed E-state index contributed by atoms with van der Waals surface area (Å²) in [4.78, 5) is 0.462. The van der Waals surface area contributed by atoms with Crippen LogP contribution >= 0.6 is 12.2 Å². The van der Waals surface area contributed by atoms with E-state index in [9.17, 15) is 8.42 Å². The highest BCUT2D eigenvalue weighted by Gasteiger charge is 2.18. The van der Waals surface area contributed by atoms with E-state index in [0.29, 0.717) is 11.1 Å². The lowest BCUT2D eigenvalue weighted by Gasteiger charge is -2.13. The Balaban J connectivity index is 2.99. The first kappa shape index (κ1) is 16.0. The van der Waals surface area contributed by atoms with Crippen molar-refractivity contribution < 1.29 is 13.2 Å². The van der Waals surface area contributed by atoms with Crippen LogP contribution in [0.2, 0.25) is 0 Å². The lowest BCUT2D eigenvalue weighted by molar-refractivity contribution is 0.122. The summed E-state index contributed by atoms with van der Waals surface area (Å²) in [6, 6.07) is 4.77. The molecule has 1 atom stereocenters. The van der Waals surface area contributed by atoms with Gasteiger partial charge in [-0.2, -0.15) is 0 Å². The summed E-state index contributed by atoms with van der Waals surface area (Å²) < 4.78 is 31.7. The molecule has 0 amide bonds. The van der Waals surface area contributed by atoms with Crippen LogP contribution in [0.1, 0.15) is 18.1 Å². The van der Waals surface area contributed by atoms with E-state index >= 15 is 0 Å². The third-order valence-electron chi connectivity index (χ3n) is 2.71. The van der Waals surface area contributed by atoms with Crippen molar-refractivity contribution in [2.45, 2.75) is 24.8 Å². The first-order chi connectivity index (χ1) is 8.77. The van der Waals surface area contributed by atoms with Gasteiger partial charge < -0.3 is 10.5 Å². The Morgan fingerprint density at radius 3 is 2.63 bits per heavy atom. The maximum Gasteiger partial charge on any atom is 0.240 e. The monoisotopic (exact) mass is 302 g/mol. The van der Waals surface area contributed by atoms with Gasteiger partial charge in [-0.25, -0.2) is 13.1 Å². The second-order valence-corrected chi connectivity index (χ2v) is 6.42. The summed E-state index contributed by atoms with van der Waals surface area (Å²) in [5, 5.41) is 0. The molecule has 3 N–H and O–H groups in total. The van der Waals surface area contributed by atoms with E-state index in [1.165, 1.54) is 13.2 Å². The molecule has 0 fully saturated rings. The number of methoxy groups -OCH3 is 1. The Hall–Kier alpha value is -1.02. The summed E-state index contributed by atoms with van der Waals surface area (Å²) in [5.41, 5.74) is 6.76.